The summed E-state index contributed by atoms with van der Waals surface area (Å²) >= 11 is 0. The van der Waals surface area contributed by atoms with Gasteiger partial charge in [0.15, 0.2) is 0 Å². The van der Waals surface area contributed by atoms with Gasteiger partial charge in [0.2, 0.25) is 0 Å². The van der Waals surface area contributed by atoms with Crippen molar-refractivity contribution in [3.8, 4) is 0 Å². The molecule has 1 fully saturated rings. The maximum Gasteiger partial charge on any atom is 0.326 e. The van der Waals surface area contributed by atoms with Gasteiger partial charge in [0.25, 0.3) is 0 Å². The van der Waals surface area contributed by atoms with Crippen molar-refractivity contribution in [2.75, 3.05) is 6.54 Å². The van der Waals surface area contributed by atoms with E-state index in [1.54, 1.807) is 24.8 Å². The quantitative estimate of drug-likeness (QED) is 0.690. The summed E-state index contributed by atoms with van der Waals surface area (Å²) in [5, 5.41) is 11.6. The van der Waals surface area contributed by atoms with Crippen molar-refractivity contribution >= 4 is 12.0 Å². The fourth-order valence-electron chi connectivity index (χ4n) is 1.65. The lowest BCUT2D eigenvalue weighted by Crippen LogP contribution is -2.50. The van der Waals surface area contributed by atoms with E-state index in [1.807, 2.05) is 0 Å². The fourth-order valence-corrected chi connectivity index (χ4v) is 1.65. The standard InChI is InChI=1S/C12H20N2O3/c1-4-7-14(9-5-6-9)12(17)13-10(8(2)3)11(15)16/h4,8-10H,1,5-7H2,2-3H3,(H,13,17)(H,15,16)/t10-/m0/s1. The van der Waals surface area contributed by atoms with E-state index < -0.39 is 12.0 Å². The summed E-state index contributed by atoms with van der Waals surface area (Å²) in [6, 6.07) is -0.906. The van der Waals surface area contributed by atoms with E-state index in [4.69, 9.17) is 5.11 Å². The van der Waals surface area contributed by atoms with E-state index in [-0.39, 0.29) is 18.0 Å². The Hall–Kier alpha value is -1.52. The summed E-state index contributed by atoms with van der Waals surface area (Å²) in [4.78, 5) is 24.6. The maximum atomic E-state index is 11.9. The number of hydrogen-bond acceptors (Lipinski definition) is 2. The third-order valence-corrected chi connectivity index (χ3v) is 2.79. The van der Waals surface area contributed by atoms with Crippen molar-refractivity contribution in [3.05, 3.63) is 12.7 Å². The van der Waals surface area contributed by atoms with Crippen molar-refractivity contribution in [2.45, 2.75) is 38.8 Å². The van der Waals surface area contributed by atoms with Crippen molar-refractivity contribution in [1.29, 1.82) is 0 Å². The van der Waals surface area contributed by atoms with E-state index >= 15 is 0 Å². The van der Waals surface area contributed by atoms with Crippen LogP contribution in [0.1, 0.15) is 26.7 Å². The molecule has 0 unspecified atom stereocenters. The van der Waals surface area contributed by atoms with Crippen LogP contribution < -0.4 is 5.32 Å². The summed E-state index contributed by atoms with van der Waals surface area (Å²) in [6.45, 7) is 7.61. The van der Waals surface area contributed by atoms with Crippen molar-refractivity contribution in [2.24, 2.45) is 5.92 Å². The van der Waals surface area contributed by atoms with Gasteiger partial charge in [-0.15, -0.1) is 6.58 Å². The molecule has 0 aromatic heterocycles. The van der Waals surface area contributed by atoms with Gasteiger partial charge in [0.05, 0.1) is 0 Å². The van der Waals surface area contributed by atoms with Gasteiger partial charge in [0, 0.05) is 12.6 Å². The Labute approximate surface area is 101 Å². The molecule has 2 N–H and O–H groups in total. The number of urea groups is 1. The first-order valence-electron chi connectivity index (χ1n) is 5.88. The molecule has 0 saturated heterocycles. The first-order chi connectivity index (χ1) is 7.97. The number of amides is 2. The van der Waals surface area contributed by atoms with Crippen molar-refractivity contribution in [3.63, 3.8) is 0 Å². The average molecular weight is 240 g/mol. The molecule has 0 heterocycles. The van der Waals surface area contributed by atoms with Crippen LogP contribution in [0.25, 0.3) is 0 Å². The lowest BCUT2D eigenvalue weighted by molar-refractivity contribution is -0.140. The number of nitrogens with zero attached hydrogens (tertiary/aromatic N) is 1. The zero-order valence-electron chi connectivity index (χ0n) is 10.3. The van der Waals surface area contributed by atoms with Crippen LogP contribution in [0.15, 0.2) is 12.7 Å². The van der Waals surface area contributed by atoms with Crippen LogP contribution >= 0.6 is 0 Å². The Balaban J connectivity index is 2.60. The zero-order valence-corrected chi connectivity index (χ0v) is 10.3. The molecule has 1 aliphatic rings. The summed E-state index contributed by atoms with van der Waals surface area (Å²) in [7, 11) is 0. The number of carbonyl (C=O) groups excluding carboxylic acids is 1. The highest BCUT2D eigenvalue weighted by molar-refractivity contribution is 5.83. The second-order valence-electron chi connectivity index (χ2n) is 4.68. The molecule has 0 bridgehead atoms. The van der Waals surface area contributed by atoms with Gasteiger partial charge >= 0.3 is 12.0 Å². The Bertz CT molecular complexity index is 311. The van der Waals surface area contributed by atoms with Gasteiger partial charge in [-0.05, 0) is 18.8 Å². The molecule has 5 nitrogen and oxygen atoms in total. The number of rotatable bonds is 6. The fraction of sp³-hybridized carbons (Fsp3) is 0.667. The lowest BCUT2D eigenvalue weighted by atomic mass is 10.1. The van der Waals surface area contributed by atoms with Gasteiger partial charge in [0.1, 0.15) is 6.04 Å². The summed E-state index contributed by atoms with van der Waals surface area (Å²) < 4.78 is 0. The van der Waals surface area contributed by atoms with Crippen LogP contribution in [0.2, 0.25) is 0 Å². The number of hydrogen-bond donors (Lipinski definition) is 2. The van der Waals surface area contributed by atoms with E-state index in [9.17, 15) is 9.59 Å². The minimum absolute atomic E-state index is 0.138. The molecule has 0 radical (unpaired) electrons. The Morgan fingerprint density at radius 2 is 2.12 bits per heavy atom. The second-order valence-corrected chi connectivity index (χ2v) is 4.68. The molecule has 17 heavy (non-hydrogen) atoms. The highest BCUT2D eigenvalue weighted by atomic mass is 16.4. The van der Waals surface area contributed by atoms with Gasteiger partial charge in [-0.1, -0.05) is 19.9 Å². The molecular formula is C12H20N2O3. The number of nitrogens with one attached hydrogen (secondary N) is 1. The third kappa shape index (κ3) is 3.76. The minimum Gasteiger partial charge on any atom is -0.480 e. The van der Waals surface area contributed by atoms with Crippen LogP contribution in [0.5, 0.6) is 0 Å². The molecular weight excluding hydrogens is 220 g/mol. The molecule has 2 amide bonds. The lowest BCUT2D eigenvalue weighted by Gasteiger charge is -2.25. The monoisotopic (exact) mass is 240 g/mol. The first-order valence-corrected chi connectivity index (χ1v) is 5.88. The molecule has 0 aromatic rings. The van der Waals surface area contributed by atoms with E-state index in [2.05, 4.69) is 11.9 Å². The third-order valence-electron chi connectivity index (χ3n) is 2.79. The molecule has 0 spiro atoms. The van der Waals surface area contributed by atoms with Gasteiger partial charge in [-0.3, -0.25) is 0 Å². The van der Waals surface area contributed by atoms with Crippen LogP contribution in [0.4, 0.5) is 4.79 Å². The second kappa shape index (κ2) is 5.70. The highest BCUT2D eigenvalue weighted by Gasteiger charge is 2.34. The average Bonchev–Trinajstić information content (AvgIpc) is 3.04. The van der Waals surface area contributed by atoms with Gasteiger partial charge in [-0.25, -0.2) is 9.59 Å². The molecule has 0 aliphatic heterocycles. The molecule has 5 heteroatoms. The Morgan fingerprint density at radius 1 is 1.53 bits per heavy atom. The van der Waals surface area contributed by atoms with E-state index in [1.165, 1.54) is 0 Å². The minimum atomic E-state index is -0.997. The zero-order chi connectivity index (χ0) is 13.0. The topological polar surface area (TPSA) is 69.6 Å². The van der Waals surface area contributed by atoms with Gasteiger partial charge in [-0.2, -0.15) is 0 Å². The number of aliphatic carboxylic acids is 1. The van der Waals surface area contributed by atoms with Crippen LogP contribution in [0, 0.1) is 5.92 Å². The summed E-state index contributed by atoms with van der Waals surface area (Å²) in [5.41, 5.74) is 0. The van der Waals surface area contributed by atoms with Crippen molar-refractivity contribution in [1.82, 2.24) is 10.2 Å². The van der Waals surface area contributed by atoms with Crippen LogP contribution in [-0.4, -0.2) is 40.6 Å². The number of carboxylic acid groups (broad SMARTS) is 1. The molecule has 1 atom stereocenters. The van der Waals surface area contributed by atoms with Gasteiger partial charge < -0.3 is 15.3 Å². The highest BCUT2D eigenvalue weighted by Crippen LogP contribution is 2.26. The van der Waals surface area contributed by atoms with Crippen molar-refractivity contribution < 1.29 is 14.7 Å². The normalized spacial score (nSPS) is 16.4. The smallest absolute Gasteiger partial charge is 0.326 e. The predicted molar refractivity (Wildman–Crippen MR) is 64.7 cm³/mol. The SMILES string of the molecule is C=CCN(C(=O)N[C@H](C(=O)O)C(C)C)C1CC1. The summed E-state index contributed by atoms with van der Waals surface area (Å²) in [5.74, 6) is -1.14. The van der Waals surface area contributed by atoms with E-state index in [0.717, 1.165) is 12.8 Å². The Kier molecular flexibility index (Phi) is 4.54. The maximum absolute atomic E-state index is 11.9. The molecule has 0 aromatic carbocycles. The molecule has 1 aliphatic carbocycles. The molecule has 1 saturated carbocycles. The number of carboxylic acids is 1. The van der Waals surface area contributed by atoms with E-state index in [0.29, 0.717) is 6.54 Å². The number of carbonyl (C=O) groups is 2. The Morgan fingerprint density at radius 3 is 2.47 bits per heavy atom. The largest absolute Gasteiger partial charge is 0.480 e. The first kappa shape index (κ1) is 13.5. The molecule has 96 valence electrons. The molecule has 1 rings (SSSR count). The van der Waals surface area contributed by atoms with Crippen LogP contribution in [-0.2, 0) is 4.79 Å². The van der Waals surface area contributed by atoms with Crippen LogP contribution in [0.3, 0.4) is 0 Å². The summed E-state index contributed by atoms with van der Waals surface area (Å²) in [6.07, 6.45) is 3.63. The predicted octanol–water partition coefficient (Wildman–Crippen LogP) is 1.46.